The quantitative estimate of drug-likeness (QED) is 0.378. The second-order valence-corrected chi connectivity index (χ2v) is 4.75. The summed E-state index contributed by atoms with van der Waals surface area (Å²) in [6.07, 6.45) is 4.33. The molecule has 0 saturated carbocycles. The lowest BCUT2D eigenvalue weighted by atomic mass is 9.96. The van der Waals surface area contributed by atoms with Crippen molar-refractivity contribution >= 4 is 0 Å². The molecule has 2 nitrogen and oxygen atoms in total. The van der Waals surface area contributed by atoms with Gasteiger partial charge in [0.1, 0.15) is 0 Å². The molecule has 17 heavy (non-hydrogen) atoms. The van der Waals surface area contributed by atoms with Crippen LogP contribution >= 0.6 is 0 Å². The lowest BCUT2D eigenvalue weighted by molar-refractivity contribution is 0.916. The number of hydrogen-bond acceptors (Lipinski definition) is 0. The Morgan fingerprint density at radius 1 is 0.706 bits per heavy atom. The molecule has 0 bridgehead atoms. The molecule has 0 saturated heterocycles. The highest BCUT2D eigenvalue weighted by molar-refractivity contribution is 5.69. The Bertz CT molecular complexity index is 700. The van der Waals surface area contributed by atoms with E-state index in [1.54, 1.807) is 0 Å². The van der Waals surface area contributed by atoms with Gasteiger partial charge < -0.3 is 9.13 Å². The summed E-state index contributed by atoms with van der Waals surface area (Å²) >= 11 is 0. The van der Waals surface area contributed by atoms with Crippen LogP contribution in [-0.4, -0.2) is 9.13 Å². The van der Waals surface area contributed by atoms with Crippen molar-refractivity contribution in [2.45, 2.75) is 5.92 Å². The van der Waals surface area contributed by atoms with Gasteiger partial charge in [-0.2, -0.15) is 0 Å². The fraction of sp³-hybridized carbons (Fsp3) is 0.0667. The van der Waals surface area contributed by atoms with E-state index in [1.807, 2.05) is 0 Å². The Labute approximate surface area is 98.7 Å². The van der Waals surface area contributed by atoms with Crippen LogP contribution in [0.2, 0.25) is 0 Å². The van der Waals surface area contributed by atoms with Crippen molar-refractivity contribution < 1.29 is 0 Å². The lowest BCUT2D eigenvalue weighted by Crippen LogP contribution is -1.98. The molecule has 1 aromatic carbocycles. The summed E-state index contributed by atoms with van der Waals surface area (Å²) in [4.78, 5) is 0. The van der Waals surface area contributed by atoms with Gasteiger partial charge in [-0.25, -0.2) is 0 Å². The Balaban J connectivity index is 2.03. The zero-order chi connectivity index (χ0) is 11.0. The van der Waals surface area contributed by atoms with Crippen LogP contribution in [0.25, 0.3) is 11.4 Å². The molecule has 5 rings (SSSR count). The van der Waals surface area contributed by atoms with Crippen molar-refractivity contribution in [3.8, 4) is 11.4 Å². The van der Waals surface area contributed by atoms with E-state index in [-0.39, 0.29) is 0 Å². The smallest absolute Gasteiger partial charge is 0.0694 e. The molecular weight excluding hydrogens is 208 g/mol. The van der Waals surface area contributed by atoms with E-state index in [0.29, 0.717) is 5.92 Å². The second-order valence-electron chi connectivity index (χ2n) is 4.75. The first kappa shape index (κ1) is 7.96. The molecular formula is C15H10N2. The van der Waals surface area contributed by atoms with E-state index in [9.17, 15) is 0 Å². The molecule has 80 valence electrons. The number of rotatable bonds is 0. The molecule has 4 heterocycles. The molecule has 2 aromatic heterocycles. The predicted molar refractivity (Wildman–Crippen MR) is 66.0 cm³/mol. The van der Waals surface area contributed by atoms with Gasteiger partial charge in [-0.1, -0.05) is 6.07 Å². The average molecular weight is 218 g/mol. The Hall–Kier alpha value is -2.22. The summed E-state index contributed by atoms with van der Waals surface area (Å²) in [7, 11) is 0. The standard InChI is InChI=1S/C15H10N2/c1-4-10-14-11(5-1)17-9-3-7-13(17)15(14)12-6-2-8-16(10)12/h1-9,15H. The minimum Gasteiger partial charge on any atom is -0.319 e. The maximum Gasteiger partial charge on any atom is 0.0694 e. The first-order chi connectivity index (χ1) is 8.45. The second kappa shape index (κ2) is 2.38. The van der Waals surface area contributed by atoms with Crippen molar-refractivity contribution in [1.29, 1.82) is 0 Å². The predicted octanol–water partition coefficient (Wildman–Crippen LogP) is 3.08. The van der Waals surface area contributed by atoms with Crippen LogP contribution in [0.1, 0.15) is 22.9 Å². The van der Waals surface area contributed by atoms with Crippen molar-refractivity contribution in [1.82, 2.24) is 9.13 Å². The highest BCUT2D eigenvalue weighted by Crippen LogP contribution is 2.49. The molecule has 0 fully saturated rings. The first-order valence-corrected chi connectivity index (χ1v) is 5.93. The van der Waals surface area contributed by atoms with E-state index < -0.39 is 0 Å². The normalized spacial score (nSPS) is 14.8. The first-order valence-electron chi connectivity index (χ1n) is 5.93. The van der Waals surface area contributed by atoms with E-state index in [2.05, 4.69) is 64.0 Å². The number of aromatic nitrogens is 2. The van der Waals surface area contributed by atoms with E-state index >= 15 is 0 Å². The van der Waals surface area contributed by atoms with Gasteiger partial charge in [-0.05, 0) is 36.4 Å². The molecule has 2 heteroatoms. The van der Waals surface area contributed by atoms with Crippen LogP contribution in [0.15, 0.2) is 54.9 Å². The molecule has 3 aromatic rings. The van der Waals surface area contributed by atoms with Crippen LogP contribution in [-0.2, 0) is 0 Å². The number of nitrogens with zero attached hydrogens (tertiary/aromatic N) is 2. The van der Waals surface area contributed by atoms with Gasteiger partial charge in [0.15, 0.2) is 0 Å². The average Bonchev–Trinajstić information content (AvgIpc) is 3.06. The van der Waals surface area contributed by atoms with Gasteiger partial charge >= 0.3 is 0 Å². The topological polar surface area (TPSA) is 9.86 Å². The summed E-state index contributed by atoms with van der Waals surface area (Å²) in [6, 6.07) is 15.3. The van der Waals surface area contributed by atoms with Crippen LogP contribution in [0, 0.1) is 0 Å². The van der Waals surface area contributed by atoms with Crippen molar-refractivity contribution in [3.05, 3.63) is 71.8 Å². The van der Waals surface area contributed by atoms with Gasteiger partial charge in [0, 0.05) is 29.3 Å². The van der Waals surface area contributed by atoms with Crippen LogP contribution in [0.5, 0.6) is 0 Å². The molecule has 0 amide bonds. The molecule has 0 radical (unpaired) electrons. The molecule has 0 atom stereocenters. The third-order valence-electron chi connectivity index (χ3n) is 4.02. The Kier molecular flexibility index (Phi) is 1.11. The summed E-state index contributed by atoms with van der Waals surface area (Å²) < 4.78 is 4.64. The number of hydrogen-bond donors (Lipinski definition) is 0. The van der Waals surface area contributed by atoms with E-state index in [1.165, 1.54) is 28.3 Å². The Morgan fingerprint density at radius 2 is 1.29 bits per heavy atom. The largest absolute Gasteiger partial charge is 0.319 e. The highest BCUT2D eigenvalue weighted by atomic mass is 15.1. The highest BCUT2D eigenvalue weighted by Gasteiger charge is 2.38. The van der Waals surface area contributed by atoms with E-state index in [4.69, 9.17) is 0 Å². The summed E-state index contributed by atoms with van der Waals surface area (Å²) in [6.45, 7) is 0. The number of benzene rings is 1. The Morgan fingerprint density at radius 3 is 1.88 bits per heavy atom. The van der Waals surface area contributed by atoms with E-state index in [0.717, 1.165) is 0 Å². The fourth-order valence-electron chi connectivity index (χ4n) is 3.40. The fourth-order valence-corrected chi connectivity index (χ4v) is 3.40. The van der Waals surface area contributed by atoms with Gasteiger partial charge in [0.25, 0.3) is 0 Å². The van der Waals surface area contributed by atoms with Crippen molar-refractivity contribution in [2.75, 3.05) is 0 Å². The zero-order valence-electron chi connectivity index (χ0n) is 9.17. The SMILES string of the molecule is c1cc2c3c(c1)-n1cccc1C3c1cccn1-2. The van der Waals surface area contributed by atoms with Crippen LogP contribution in [0.3, 0.4) is 0 Å². The maximum absolute atomic E-state index is 2.32. The molecule has 0 aliphatic carbocycles. The molecule has 0 unspecified atom stereocenters. The van der Waals surface area contributed by atoms with Crippen LogP contribution < -0.4 is 0 Å². The molecule has 2 aliphatic heterocycles. The minimum atomic E-state index is 0.436. The van der Waals surface area contributed by atoms with Gasteiger partial charge in [-0.3, -0.25) is 0 Å². The van der Waals surface area contributed by atoms with Gasteiger partial charge in [0.05, 0.1) is 17.3 Å². The third-order valence-corrected chi connectivity index (χ3v) is 4.02. The molecule has 2 aliphatic rings. The zero-order valence-corrected chi connectivity index (χ0v) is 9.17. The molecule has 0 N–H and O–H groups in total. The molecule has 0 spiro atoms. The summed E-state index contributed by atoms with van der Waals surface area (Å²) in [5.41, 5.74) is 6.95. The van der Waals surface area contributed by atoms with Gasteiger partial charge in [0.2, 0.25) is 0 Å². The summed E-state index contributed by atoms with van der Waals surface area (Å²) in [5.74, 6) is 0.436. The maximum atomic E-state index is 2.32. The number of fused-ring (bicyclic) bond motifs is 6. The monoisotopic (exact) mass is 218 g/mol. The third kappa shape index (κ3) is 0.713. The van der Waals surface area contributed by atoms with Crippen molar-refractivity contribution in [2.24, 2.45) is 0 Å². The lowest BCUT2D eigenvalue weighted by Gasteiger charge is -2.07. The minimum absolute atomic E-state index is 0.436. The van der Waals surface area contributed by atoms with Gasteiger partial charge in [-0.15, -0.1) is 0 Å². The van der Waals surface area contributed by atoms with Crippen molar-refractivity contribution in [3.63, 3.8) is 0 Å². The summed E-state index contributed by atoms with van der Waals surface area (Å²) in [5, 5.41) is 0. The van der Waals surface area contributed by atoms with Crippen LogP contribution in [0.4, 0.5) is 0 Å².